The van der Waals surface area contributed by atoms with Gasteiger partial charge < -0.3 is 24.8 Å². The second kappa shape index (κ2) is 9.13. The second-order valence-electron chi connectivity index (χ2n) is 7.91. The molecular weight excluding hydrogens is 459 g/mol. The van der Waals surface area contributed by atoms with Crippen LogP contribution in [-0.2, 0) is 13.6 Å². The van der Waals surface area contributed by atoms with Crippen molar-refractivity contribution in [3.05, 3.63) is 87.5 Å². The van der Waals surface area contributed by atoms with Gasteiger partial charge in [-0.1, -0.05) is 30.3 Å². The average Bonchev–Trinajstić information content (AvgIpc) is 3.27. The lowest BCUT2D eigenvalue weighted by Crippen LogP contribution is -2.26. The van der Waals surface area contributed by atoms with Gasteiger partial charge in [0.25, 0.3) is 11.1 Å². The van der Waals surface area contributed by atoms with Gasteiger partial charge in [0.2, 0.25) is 0 Å². The van der Waals surface area contributed by atoms with E-state index in [1.807, 2.05) is 30.3 Å². The number of H-pyrrole nitrogens is 1. The number of alkyl halides is 3. The molecule has 0 radical (unpaired) electrons. The van der Waals surface area contributed by atoms with E-state index >= 15 is 0 Å². The molecule has 35 heavy (non-hydrogen) atoms. The van der Waals surface area contributed by atoms with E-state index in [-0.39, 0.29) is 27.9 Å². The molecular formula is C25H22F3N5O2. The minimum atomic E-state index is -4.67. The summed E-state index contributed by atoms with van der Waals surface area (Å²) < 4.78 is 40.9. The molecule has 3 heterocycles. The molecule has 10 heteroatoms. The molecule has 0 unspecified atom stereocenters. The topological polar surface area (TPSA) is 95.7 Å². The van der Waals surface area contributed by atoms with Crippen LogP contribution >= 0.6 is 0 Å². The monoisotopic (exact) mass is 481 g/mol. The molecule has 4 aromatic rings. The fourth-order valence-corrected chi connectivity index (χ4v) is 3.93. The highest BCUT2D eigenvalue weighted by molar-refractivity contribution is 6.10. The fraction of sp³-hybridized carbons (Fsp3) is 0.160. The van der Waals surface area contributed by atoms with Crippen molar-refractivity contribution in [2.24, 2.45) is 7.05 Å². The third-order valence-electron chi connectivity index (χ3n) is 5.67. The molecule has 0 saturated carbocycles. The molecule has 0 atom stereocenters. The Labute approximate surface area is 197 Å². The van der Waals surface area contributed by atoms with Gasteiger partial charge in [-0.15, -0.1) is 0 Å². The second-order valence-corrected chi connectivity index (χ2v) is 7.91. The number of rotatable bonds is 6. The number of aromatic amines is 1. The number of benzene rings is 1. The zero-order valence-corrected chi connectivity index (χ0v) is 18.9. The third-order valence-corrected chi connectivity index (χ3v) is 5.67. The Morgan fingerprint density at radius 2 is 1.80 bits per heavy atom. The van der Waals surface area contributed by atoms with Crippen LogP contribution in [0.3, 0.4) is 0 Å². The largest absolute Gasteiger partial charge is 0.481 e. The summed E-state index contributed by atoms with van der Waals surface area (Å²) in [4.78, 5) is 28.6. The van der Waals surface area contributed by atoms with Crippen molar-refractivity contribution in [3.8, 4) is 22.3 Å². The summed E-state index contributed by atoms with van der Waals surface area (Å²) in [6, 6.07) is 12.4. The maximum Gasteiger partial charge on any atom is 0.481 e. The van der Waals surface area contributed by atoms with Crippen molar-refractivity contribution in [2.45, 2.75) is 19.8 Å². The number of aromatic nitrogens is 3. The Morgan fingerprint density at radius 3 is 2.43 bits per heavy atom. The van der Waals surface area contributed by atoms with Crippen LogP contribution in [-0.4, -0.2) is 26.6 Å². The summed E-state index contributed by atoms with van der Waals surface area (Å²) in [7, 11) is 1.64. The molecule has 3 aromatic heterocycles. The number of nitrogens with one attached hydrogen (secondary N) is 3. The van der Waals surface area contributed by atoms with E-state index in [0.717, 1.165) is 17.3 Å². The highest BCUT2D eigenvalue weighted by atomic mass is 19.4. The number of fused-ring (bicyclic) bond motifs is 1. The van der Waals surface area contributed by atoms with E-state index in [1.54, 1.807) is 26.4 Å². The smallest absolute Gasteiger partial charge is 0.350 e. The van der Waals surface area contributed by atoms with Crippen LogP contribution in [0.5, 0.6) is 0 Å². The molecule has 180 valence electrons. The van der Waals surface area contributed by atoms with Gasteiger partial charge >= 0.3 is 6.30 Å². The fourth-order valence-electron chi connectivity index (χ4n) is 3.93. The minimum absolute atomic E-state index is 0.0980. The molecule has 0 saturated heterocycles. The van der Waals surface area contributed by atoms with Crippen molar-refractivity contribution in [1.29, 1.82) is 5.41 Å². The summed E-state index contributed by atoms with van der Waals surface area (Å²) in [5.41, 5.74) is 2.34. The van der Waals surface area contributed by atoms with Crippen LogP contribution in [0.4, 0.5) is 13.2 Å². The summed E-state index contributed by atoms with van der Waals surface area (Å²) in [5, 5.41) is 9.29. The molecule has 7 nitrogen and oxygen atoms in total. The quantitative estimate of drug-likeness (QED) is 0.280. The van der Waals surface area contributed by atoms with E-state index in [1.165, 1.54) is 26.6 Å². The normalized spacial score (nSPS) is 12.2. The molecule has 0 aliphatic rings. The van der Waals surface area contributed by atoms with E-state index in [9.17, 15) is 22.8 Å². The zero-order chi connectivity index (χ0) is 25.3. The summed E-state index contributed by atoms with van der Waals surface area (Å²) in [6.45, 7) is 2.13. The van der Waals surface area contributed by atoms with Gasteiger partial charge in [0.15, 0.2) is 0 Å². The van der Waals surface area contributed by atoms with E-state index in [0.29, 0.717) is 29.3 Å². The van der Waals surface area contributed by atoms with Crippen LogP contribution in [0.2, 0.25) is 0 Å². The molecule has 0 fully saturated rings. The van der Waals surface area contributed by atoms with Crippen LogP contribution in [0.25, 0.3) is 38.7 Å². The minimum Gasteiger partial charge on any atom is -0.350 e. The molecule has 1 aromatic carbocycles. The number of hydrogen-bond acceptors (Lipinski definition) is 4. The van der Waals surface area contributed by atoms with Gasteiger partial charge in [-0.2, -0.15) is 13.2 Å². The number of allylic oxidation sites excluding steroid dienone is 1. The first-order chi connectivity index (χ1) is 16.6. The maximum atomic E-state index is 13.1. The van der Waals surface area contributed by atoms with Crippen molar-refractivity contribution in [3.63, 3.8) is 0 Å². The Kier molecular flexibility index (Phi) is 6.21. The molecule has 0 spiro atoms. The van der Waals surface area contributed by atoms with E-state index in [4.69, 9.17) is 5.41 Å². The van der Waals surface area contributed by atoms with Crippen LogP contribution in [0.15, 0.2) is 70.6 Å². The molecule has 0 aliphatic carbocycles. The lowest BCUT2D eigenvalue weighted by atomic mass is 9.95. The zero-order valence-electron chi connectivity index (χ0n) is 18.9. The molecule has 0 aliphatic heterocycles. The van der Waals surface area contributed by atoms with Gasteiger partial charge in [0, 0.05) is 72.2 Å². The first-order valence-corrected chi connectivity index (χ1v) is 10.7. The molecule has 0 bridgehead atoms. The van der Waals surface area contributed by atoms with E-state index < -0.39 is 6.30 Å². The van der Waals surface area contributed by atoms with Crippen molar-refractivity contribution in [2.75, 3.05) is 0 Å². The predicted molar refractivity (Wildman–Crippen MR) is 130 cm³/mol. The summed E-state index contributed by atoms with van der Waals surface area (Å²) in [6.07, 6.45) is 0.1000. The number of pyridine rings is 2. The average molecular weight is 481 g/mol. The first-order valence-electron chi connectivity index (χ1n) is 10.7. The van der Waals surface area contributed by atoms with Crippen LogP contribution in [0.1, 0.15) is 12.6 Å². The number of halogens is 3. The Bertz CT molecular complexity index is 1560. The Morgan fingerprint density at radius 1 is 1.09 bits per heavy atom. The maximum absolute atomic E-state index is 13.1. The number of hydrogen-bond donors (Lipinski definition) is 3. The molecule has 0 amide bonds. The highest BCUT2D eigenvalue weighted by Gasteiger charge is 2.25. The van der Waals surface area contributed by atoms with Gasteiger partial charge in [-0.25, -0.2) is 0 Å². The number of nitrogens with zero attached hydrogens (tertiary/aromatic N) is 2. The van der Waals surface area contributed by atoms with Gasteiger partial charge in [0.1, 0.15) is 5.52 Å². The van der Waals surface area contributed by atoms with Gasteiger partial charge in [0.05, 0.1) is 0 Å². The summed E-state index contributed by atoms with van der Waals surface area (Å²) in [5.74, 6) is 0. The van der Waals surface area contributed by atoms with E-state index in [2.05, 4.69) is 4.98 Å². The highest BCUT2D eigenvalue weighted by Crippen LogP contribution is 2.35. The third kappa shape index (κ3) is 4.68. The van der Waals surface area contributed by atoms with Crippen molar-refractivity contribution in [1.82, 2.24) is 19.4 Å². The summed E-state index contributed by atoms with van der Waals surface area (Å²) >= 11 is 0. The standard InChI is InChI=1S/C25H22F3N5O2/c1-3-33-14-20(17-10-22(34)32(2)13-19(17)15-7-5-4-6-8-15)18-9-21(31-23(18)24(33)35)16(11-29)12-30-25(26,27)28/h4-14,29-31H,3H2,1-2H3/b16-12+,29-11?. The van der Waals surface area contributed by atoms with Gasteiger partial charge in [-0.05, 0) is 24.1 Å². The van der Waals surface area contributed by atoms with Gasteiger partial charge in [-0.3, -0.25) is 9.59 Å². The van der Waals surface area contributed by atoms with Crippen LogP contribution < -0.4 is 16.4 Å². The first kappa shape index (κ1) is 23.8. The molecule has 3 N–H and O–H groups in total. The van der Waals surface area contributed by atoms with Crippen molar-refractivity contribution < 1.29 is 13.2 Å². The Hall–Kier alpha value is -4.34. The SMILES string of the molecule is CCn1cc(-c2cc(=O)n(C)cc2-c2ccccc2)c2cc(/C(C=N)=C/NC(F)(F)F)[nH]c2c1=O. The lowest BCUT2D eigenvalue weighted by molar-refractivity contribution is -0.146. The lowest BCUT2D eigenvalue weighted by Gasteiger charge is -2.14. The predicted octanol–water partition coefficient (Wildman–Crippen LogP) is 4.48. The molecule has 4 rings (SSSR count). The number of aryl methyl sites for hydroxylation is 2. The van der Waals surface area contributed by atoms with Crippen LogP contribution in [0, 0.1) is 5.41 Å². The van der Waals surface area contributed by atoms with Crippen molar-refractivity contribution >= 4 is 22.7 Å². The Balaban J connectivity index is 2.04.